The maximum absolute atomic E-state index is 12.6. The standard InChI is InChI=1S/C23H21N3OS2/c1-15-16(2)29-23-21(15)22(24-14-25-23)28-13-12-20(27)26-19-11-7-6-10-18(19)17-8-4-3-5-9-17/h3-11,14H,12-13H2,1-2H3,(H,26,27). The lowest BCUT2D eigenvalue weighted by Gasteiger charge is -2.11. The molecule has 1 N–H and O–H groups in total. The summed E-state index contributed by atoms with van der Waals surface area (Å²) in [5.41, 5.74) is 4.18. The van der Waals surface area contributed by atoms with E-state index in [1.165, 1.54) is 10.4 Å². The predicted octanol–water partition coefficient (Wildman–Crippen LogP) is 6.10. The molecule has 4 rings (SSSR count). The first-order valence-corrected chi connectivity index (χ1v) is 11.2. The van der Waals surface area contributed by atoms with Crippen molar-refractivity contribution < 1.29 is 4.79 Å². The number of aryl methyl sites for hydroxylation is 2. The highest BCUT2D eigenvalue weighted by Gasteiger charge is 2.13. The number of hydrogen-bond acceptors (Lipinski definition) is 5. The minimum absolute atomic E-state index is 0.00408. The lowest BCUT2D eigenvalue weighted by atomic mass is 10.0. The lowest BCUT2D eigenvalue weighted by Crippen LogP contribution is -2.13. The fraction of sp³-hybridized carbons (Fsp3) is 0.174. The van der Waals surface area contributed by atoms with Gasteiger partial charge in [-0.3, -0.25) is 4.79 Å². The molecule has 0 unspecified atom stereocenters. The van der Waals surface area contributed by atoms with Gasteiger partial charge in [0.15, 0.2) is 0 Å². The van der Waals surface area contributed by atoms with Gasteiger partial charge >= 0.3 is 0 Å². The Hall–Kier alpha value is -2.70. The van der Waals surface area contributed by atoms with Gasteiger partial charge in [-0.15, -0.1) is 23.1 Å². The zero-order chi connectivity index (χ0) is 20.2. The summed E-state index contributed by atoms with van der Waals surface area (Å²) >= 11 is 3.30. The van der Waals surface area contributed by atoms with Crippen LogP contribution in [0.1, 0.15) is 16.9 Å². The SMILES string of the molecule is Cc1sc2ncnc(SCCC(=O)Nc3ccccc3-c3ccccc3)c2c1C. The van der Waals surface area contributed by atoms with Crippen molar-refractivity contribution in [2.24, 2.45) is 0 Å². The third-order valence-electron chi connectivity index (χ3n) is 4.78. The number of amides is 1. The van der Waals surface area contributed by atoms with E-state index in [4.69, 9.17) is 0 Å². The number of nitrogens with zero attached hydrogens (tertiary/aromatic N) is 2. The fourth-order valence-corrected chi connectivity index (χ4v) is 5.23. The third kappa shape index (κ3) is 4.33. The van der Waals surface area contributed by atoms with E-state index in [1.54, 1.807) is 29.4 Å². The van der Waals surface area contributed by atoms with Crippen LogP contribution in [-0.4, -0.2) is 21.6 Å². The Morgan fingerprint density at radius 1 is 1.03 bits per heavy atom. The van der Waals surface area contributed by atoms with Crippen LogP contribution in [0.25, 0.3) is 21.3 Å². The zero-order valence-electron chi connectivity index (χ0n) is 16.3. The van der Waals surface area contributed by atoms with Crippen molar-refractivity contribution in [1.82, 2.24) is 9.97 Å². The summed E-state index contributed by atoms with van der Waals surface area (Å²) in [5, 5.41) is 5.14. The second-order valence-electron chi connectivity index (χ2n) is 6.70. The van der Waals surface area contributed by atoms with E-state index in [-0.39, 0.29) is 5.91 Å². The van der Waals surface area contributed by atoms with E-state index >= 15 is 0 Å². The molecule has 0 atom stereocenters. The molecule has 2 heterocycles. The monoisotopic (exact) mass is 419 g/mol. The summed E-state index contributed by atoms with van der Waals surface area (Å²) in [6.07, 6.45) is 2.03. The van der Waals surface area contributed by atoms with Crippen LogP contribution >= 0.6 is 23.1 Å². The summed E-state index contributed by atoms with van der Waals surface area (Å²) in [4.78, 5) is 23.7. The number of carbonyl (C=O) groups excluding carboxylic acids is 1. The normalized spacial score (nSPS) is 11.0. The lowest BCUT2D eigenvalue weighted by molar-refractivity contribution is -0.115. The number of nitrogens with one attached hydrogen (secondary N) is 1. The number of fused-ring (bicyclic) bond motifs is 1. The van der Waals surface area contributed by atoms with Crippen LogP contribution in [0.2, 0.25) is 0 Å². The Bertz CT molecular complexity index is 1160. The summed E-state index contributed by atoms with van der Waals surface area (Å²) in [7, 11) is 0. The van der Waals surface area contributed by atoms with E-state index in [1.807, 2.05) is 54.6 Å². The van der Waals surface area contributed by atoms with Gasteiger partial charge in [-0.25, -0.2) is 9.97 Å². The molecule has 0 saturated heterocycles. The molecule has 0 aliphatic heterocycles. The van der Waals surface area contributed by atoms with Crippen molar-refractivity contribution >= 4 is 44.9 Å². The molecule has 29 heavy (non-hydrogen) atoms. The van der Waals surface area contributed by atoms with Crippen LogP contribution in [0.15, 0.2) is 66.0 Å². The molecule has 6 heteroatoms. The van der Waals surface area contributed by atoms with Crippen molar-refractivity contribution in [2.75, 3.05) is 11.1 Å². The molecule has 0 radical (unpaired) electrons. The number of thiophene rings is 1. The first-order chi connectivity index (χ1) is 14.1. The third-order valence-corrected chi connectivity index (χ3v) is 6.89. The van der Waals surface area contributed by atoms with Crippen LogP contribution in [0.4, 0.5) is 5.69 Å². The summed E-state index contributed by atoms with van der Waals surface area (Å²) in [6.45, 7) is 4.21. The van der Waals surface area contributed by atoms with Gasteiger partial charge in [0, 0.05) is 33.7 Å². The summed E-state index contributed by atoms with van der Waals surface area (Å²) in [5.74, 6) is 0.671. The van der Waals surface area contributed by atoms with Gasteiger partial charge in [-0.2, -0.15) is 0 Å². The van der Waals surface area contributed by atoms with E-state index in [9.17, 15) is 4.79 Å². The number of hydrogen-bond donors (Lipinski definition) is 1. The molecule has 0 aliphatic carbocycles. The second kappa shape index (κ2) is 8.76. The molecule has 0 spiro atoms. The van der Waals surface area contributed by atoms with Crippen molar-refractivity contribution in [2.45, 2.75) is 25.3 Å². The largest absolute Gasteiger partial charge is 0.325 e. The van der Waals surface area contributed by atoms with Gasteiger partial charge < -0.3 is 5.32 Å². The van der Waals surface area contributed by atoms with Crippen molar-refractivity contribution in [1.29, 1.82) is 0 Å². The molecule has 0 aliphatic rings. The molecule has 2 aromatic heterocycles. The topological polar surface area (TPSA) is 54.9 Å². The van der Waals surface area contributed by atoms with Gasteiger partial charge in [-0.1, -0.05) is 48.5 Å². The Balaban J connectivity index is 1.42. The Morgan fingerprint density at radius 3 is 2.62 bits per heavy atom. The predicted molar refractivity (Wildman–Crippen MR) is 123 cm³/mol. The summed E-state index contributed by atoms with van der Waals surface area (Å²) < 4.78 is 0. The van der Waals surface area contributed by atoms with Crippen LogP contribution in [0.5, 0.6) is 0 Å². The molecule has 0 saturated carbocycles. The molecular weight excluding hydrogens is 398 g/mol. The molecule has 4 nitrogen and oxygen atoms in total. The van der Waals surface area contributed by atoms with Gasteiger partial charge in [0.25, 0.3) is 0 Å². The van der Waals surface area contributed by atoms with E-state index in [0.29, 0.717) is 12.2 Å². The van der Waals surface area contributed by atoms with E-state index < -0.39 is 0 Å². The maximum atomic E-state index is 12.6. The minimum atomic E-state index is 0.00408. The van der Waals surface area contributed by atoms with Crippen molar-refractivity contribution in [3.8, 4) is 11.1 Å². The molecule has 0 bridgehead atoms. The number of aromatic nitrogens is 2. The highest BCUT2D eigenvalue weighted by Crippen LogP contribution is 2.34. The average Bonchev–Trinajstić information content (AvgIpc) is 3.03. The molecule has 0 fully saturated rings. The maximum Gasteiger partial charge on any atom is 0.225 e. The Labute approximate surface area is 178 Å². The van der Waals surface area contributed by atoms with E-state index in [0.717, 1.165) is 32.1 Å². The number of rotatable bonds is 6. The van der Waals surface area contributed by atoms with Crippen LogP contribution in [-0.2, 0) is 4.79 Å². The van der Waals surface area contributed by atoms with Crippen molar-refractivity contribution in [3.05, 3.63) is 71.4 Å². The van der Waals surface area contributed by atoms with Gasteiger partial charge in [0.1, 0.15) is 16.2 Å². The Morgan fingerprint density at radius 2 is 1.79 bits per heavy atom. The fourth-order valence-electron chi connectivity index (χ4n) is 3.17. The number of para-hydroxylation sites is 1. The van der Waals surface area contributed by atoms with Gasteiger partial charge in [0.05, 0.1) is 0 Å². The minimum Gasteiger partial charge on any atom is -0.325 e. The Kier molecular flexibility index (Phi) is 5.92. The van der Waals surface area contributed by atoms with Crippen LogP contribution < -0.4 is 5.32 Å². The highest BCUT2D eigenvalue weighted by atomic mass is 32.2. The first-order valence-electron chi connectivity index (χ1n) is 9.41. The van der Waals surface area contributed by atoms with Crippen LogP contribution in [0, 0.1) is 13.8 Å². The van der Waals surface area contributed by atoms with Crippen LogP contribution in [0.3, 0.4) is 0 Å². The number of anilines is 1. The number of benzene rings is 2. The van der Waals surface area contributed by atoms with Gasteiger partial charge in [0.2, 0.25) is 5.91 Å². The molecule has 2 aromatic carbocycles. The van der Waals surface area contributed by atoms with Crippen molar-refractivity contribution in [3.63, 3.8) is 0 Å². The quantitative estimate of drug-likeness (QED) is 0.303. The molecule has 146 valence electrons. The second-order valence-corrected chi connectivity index (χ2v) is 8.99. The highest BCUT2D eigenvalue weighted by molar-refractivity contribution is 7.99. The average molecular weight is 420 g/mol. The number of thioether (sulfide) groups is 1. The smallest absolute Gasteiger partial charge is 0.225 e. The van der Waals surface area contributed by atoms with Gasteiger partial charge in [-0.05, 0) is 31.0 Å². The molecule has 4 aromatic rings. The summed E-state index contributed by atoms with van der Waals surface area (Å²) in [6, 6.07) is 18.0. The molecular formula is C23H21N3OS2. The zero-order valence-corrected chi connectivity index (χ0v) is 17.9. The molecule has 1 amide bonds. The van der Waals surface area contributed by atoms with E-state index in [2.05, 4.69) is 29.1 Å². The first kappa shape index (κ1) is 19.6. The number of carbonyl (C=O) groups is 1.